The van der Waals surface area contributed by atoms with Crippen molar-refractivity contribution in [3.8, 4) is 0 Å². The van der Waals surface area contributed by atoms with Gasteiger partial charge in [-0.05, 0) is 12.8 Å². The van der Waals surface area contributed by atoms with Gasteiger partial charge in [0.15, 0.2) is 0 Å². The maximum atomic E-state index is 4.97. The Morgan fingerprint density at radius 2 is 1.55 bits per heavy atom. The molecule has 0 unspecified atom stereocenters. The second-order valence-corrected chi connectivity index (χ2v) is 3.80. The van der Waals surface area contributed by atoms with Crippen LogP contribution >= 0.6 is 24.8 Å². The van der Waals surface area contributed by atoms with Gasteiger partial charge in [-0.15, -0.1) is 12.6 Å². The van der Waals surface area contributed by atoms with Crippen molar-refractivity contribution >= 4 is 29.2 Å². The molecule has 0 aromatic carbocycles. The zero-order valence-electron chi connectivity index (χ0n) is 6.40. The van der Waals surface area contributed by atoms with Crippen LogP contribution in [-0.2, 0) is 17.1 Å². The van der Waals surface area contributed by atoms with Crippen LogP contribution in [0.2, 0.25) is 0 Å². The van der Waals surface area contributed by atoms with Crippen LogP contribution < -0.4 is 0 Å². The number of hydrogen-bond donors (Lipinski definition) is 1. The van der Waals surface area contributed by atoms with Crippen molar-refractivity contribution in [3.05, 3.63) is 0 Å². The van der Waals surface area contributed by atoms with Crippen LogP contribution in [0.1, 0.15) is 25.7 Å². The van der Waals surface area contributed by atoms with Crippen LogP contribution in [-0.4, -0.2) is 22.3 Å². The molecule has 0 atom stereocenters. The van der Waals surface area contributed by atoms with Gasteiger partial charge < -0.3 is 4.90 Å². The van der Waals surface area contributed by atoms with Crippen LogP contribution in [0, 0.1) is 0 Å². The minimum absolute atomic E-state index is 0. The van der Waals surface area contributed by atoms with Crippen LogP contribution in [0.15, 0.2) is 0 Å². The van der Waals surface area contributed by atoms with E-state index in [1.165, 1.54) is 25.7 Å². The molecule has 1 aliphatic heterocycles. The first-order chi connectivity index (χ1) is 4.80. The third-order valence-electron chi connectivity index (χ3n) is 1.88. The first-order valence-electron chi connectivity index (χ1n) is 3.78. The smallest absolute Gasteiger partial charge is 0.358 e. The molecule has 0 spiro atoms. The second-order valence-electron chi connectivity index (χ2n) is 2.68. The van der Waals surface area contributed by atoms with E-state index in [0.717, 1.165) is 17.4 Å². The predicted molar refractivity (Wildman–Crippen MR) is 51.6 cm³/mol. The van der Waals surface area contributed by atoms with Gasteiger partial charge in [0.2, 0.25) is 0 Å². The quantitative estimate of drug-likeness (QED) is 0.386. The van der Waals surface area contributed by atoms with E-state index in [2.05, 4.69) is 17.5 Å². The SMILES string of the molecule is S=C(S)N1CCCCCC1.[Fe+3]. The first kappa shape index (κ1) is 11.8. The average molecular weight is 231 g/mol. The zero-order chi connectivity index (χ0) is 7.40. The summed E-state index contributed by atoms with van der Waals surface area (Å²) < 4.78 is 0.766. The Hall–Kier alpha value is 0.759. The molecule has 4 heteroatoms. The molecule has 63 valence electrons. The van der Waals surface area contributed by atoms with Crippen LogP contribution in [0.5, 0.6) is 0 Å². The van der Waals surface area contributed by atoms with Crippen molar-refractivity contribution in [1.82, 2.24) is 4.90 Å². The monoisotopic (exact) mass is 231 g/mol. The van der Waals surface area contributed by atoms with E-state index in [1.807, 2.05) is 0 Å². The van der Waals surface area contributed by atoms with Gasteiger partial charge in [0, 0.05) is 13.1 Å². The summed E-state index contributed by atoms with van der Waals surface area (Å²) in [4.78, 5) is 2.19. The van der Waals surface area contributed by atoms with E-state index >= 15 is 0 Å². The molecule has 11 heavy (non-hydrogen) atoms. The molecule has 1 rings (SSSR count). The molecule has 0 aromatic rings. The van der Waals surface area contributed by atoms with E-state index in [4.69, 9.17) is 12.2 Å². The van der Waals surface area contributed by atoms with Crippen LogP contribution in [0.3, 0.4) is 0 Å². The summed E-state index contributed by atoms with van der Waals surface area (Å²) in [5.74, 6) is 0. The molecular formula is C7H13FeNS2+3. The number of thiocarbonyl (C=S) groups is 1. The van der Waals surface area contributed by atoms with Gasteiger partial charge in [-0.2, -0.15) is 0 Å². The zero-order valence-corrected chi connectivity index (χ0v) is 9.21. The second kappa shape index (κ2) is 6.29. The number of rotatable bonds is 0. The predicted octanol–water partition coefficient (Wildman–Crippen LogP) is 2.07. The molecule has 0 aromatic heterocycles. The molecule has 0 amide bonds. The molecule has 0 bridgehead atoms. The number of nitrogens with zero attached hydrogens (tertiary/aromatic N) is 1. The van der Waals surface area contributed by atoms with Crippen molar-refractivity contribution in [1.29, 1.82) is 0 Å². The Morgan fingerprint density at radius 1 is 1.09 bits per heavy atom. The van der Waals surface area contributed by atoms with Gasteiger partial charge in [-0.1, -0.05) is 25.1 Å². The van der Waals surface area contributed by atoms with Gasteiger partial charge >= 0.3 is 17.1 Å². The third kappa shape index (κ3) is 4.36. The fraction of sp³-hybridized carbons (Fsp3) is 0.857. The molecule has 1 saturated heterocycles. The summed E-state index contributed by atoms with van der Waals surface area (Å²) in [6, 6.07) is 0. The van der Waals surface area contributed by atoms with Gasteiger partial charge in [0.1, 0.15) is 4.32 Å². The van der Waals surface area contributed by atoms with Crippen LogP contribution in [0.25, 0.3) is 0 Å². The van der Waals surface area contributed by atoms with Gasteiger partial charge in [-0.25, -0.2) is 0 Å². The standard InChI is InChI=1S/C7H13NS2.Fe/c9-7(10)8-5-3-1-2-4-6-8;/h1-6H2,(H,9,10);/q;+3. The number of likely N-dealkylation sites (tertiary alicyclic amines) is 1. The fourth-order valence-corrected chi connectivity index (χ4v) is 1.64. The van der Waals surface area contributed by atoms with Gasteiger partial charge in [0.25, 0.3) is 0 Å². The topological polar surface area (TPSA) is 3.24 Å². The molecule has 0 saturated carbocycles. The summed E-state index contributed by atoms with van der Waals surface area (Å²) in [5, 5.41) is 0. The van der Waals surface area contributed by atoms with Gasteiger partial charge in [0.05, 0.1) is 0 Å². The summed E-state index contributed by atoms with van der Waals surface area (Å²) in [6.07, 6.45) is 5.27. The van der Waals surface area contributed by atoms with E-state index in [0.29, 0.717) is 0 Å². The minimum atomic E-state index is 0. The van der Waals surface area contributed by atoms with Crippen molar-refractivity contribution in [2.24, 2.45) is 0 Å². The summed E-state index contributed by atoms with van der Waals surface area (Å²) >= 11 is 9.11. The molecule has 1 heterocycles. The van der Waals surface area contributed by atoms with Crippen molar-refractivity contribution in [2.75, 3.05) is 13.1 Å². The Kier molecular flexibility index (Phi) is 6.73. The van der Waals surface area contributed by atoms with Crippen molar-refractivity contribution < 1.29 is 17.1 Å². The molecule has 1 nitrogen and oxygen atoms in total. The summed E-state index contributed by atoms with van der Waals surface area (Å²) in [7, 11) is 0. The van der Waals surface area contributed by atoms with E-state index < -0.39 is 0 Å². The number of thiol groups is 1. The van der Waals surface area contributed by atoms with Gasteiger partial charge in [-0.3, -0.25) is 0 Å². The Morgan fingerprint density at radius 3 is 1.91 bits per heavy atom. The van der Waals surface area contributed by atoms with Crippen LogP contribution in [0.4, 0.5) is 0 Å². The Balaban J connectivity index is 0.000001000. The average Bonchev–Trinajstić information content (AvgIpc) is 2.12. The van der Waals surface area contributed by atoms with E-state index in [9.17, 15) is 0 Å². The largest absolute Gasteiger partial charge is 3.00 e. The summed E-state index contributed by atoms with van der Waals surface area (Å²) in [6.45, 7) is 2.23. The Bertz CT molecular complexity index is 122. The van der Waals surface area contributed by atoms with E-state index in [-0.39, 0.29) is 17.1 Å². The van der Waals surface area contributed by atoms with Crippen molar-refractivity contribution in [2.45, 2.75) is 25.7 Å². The molecule has 1 aliphatic rings. The molecule has 1 radical (unpaired) electrons. The fourth-order valence-electron chi connectivity index (χ4n) is 1.26. The molecule has 1 fully saturated rings. The van der Waals surface area contributed by atoms with Crippen molar-refractivity contribution in [3.63, 3.8) is 0 Å². The maximum absolute atomic E-state index is 4.97. The normalized spacial score (nSPS) is 18.5. The maximum Gasteiger partial charge on any atom is 3.00 e. The molecular weight excluding hydrogens is 218 g/mol. The minimum Gasteiger partial charge on any atom is -0.358 e. The first-order valence-corrected chi connectivity index (χ1v) is 4.64. The number of hydrogen-bond acceptors (Lipinski definition) is 1. The molecule has 0 N–H and O–H groups in total. The summed E-state index contributed by atoms with van der Waals surface area (Å²) in [5.41, 5.74) is 0. The van der Waals surface area contributed by atoms with E-state index in [1.54, 1.807) is 0 Å². The Labute approximate surface area is 89.8 Å². The third-order valence-corrected chi connectivity index (χ3v) is 2.42. The molecule has 0 aliphatic carbocycles.